The fourth-order valence-electron chi connectivity index (χ4n) is 2.61. The smallest absolute Gasteiger partial charge is 0.320 e. The van der Waals surface area contributed by atoms with E-state index in [1.54, 1.807) is 12.1 Å². The molecule has 9 nitrogen and oxygen atoms in total. The average molecular weight is 428 g/mol. The van der Waals surface area contributed by atoms with Gasteiger partial charge in [-0.15, -0.1) is 5.10 Å². The topological polar surface area (TPSA) is 119 Å². The molecule has 0 unspecified atom stereocenters. The number of rotatable bonds is 6. The van der Waals surface area contributed by atoms with Crippen LogP contribution in [0, 0.1) is 27.6 Å². The highest BCUT2D eigenvalue weighted by Crippen LogP contribution is 2.30. The number of aromatic nitrogens is 3. The van der Waals surface area contributed by atoms with Gasteiger partial charge in [0.15, 0.2) is 17.5 Å². The minimum absolute atomic E-state index is 0.00229. The van der Waals surface area contributed by atoms with Crippen LogP contribution in [0.25, 0.3) is 11.5 Å². The van der Waals surface area contributed by atoms with Crippen LogP contribution in [0.1, 0.15) is 0 Å². The molecule has 12 heteroatoms. The van der Waals surface area contributed by atoms with Gasteiger partial charge in [0, 0.05) is 41.8 Å². The van der Waals surface area contributed by atoms with Gasteiger partial charge in [0.2, 0.25) is 0 Å². The Bertz CT molecular complexity index is 1240. The van der Waals surface area contributed by atoms with E-state index in [-0.39, 0.29) is 29.1 Å². The second-order valence-corrected chi connectivity index (χ2v) is 6.12. The van der Waals surface area contributed by atoms with E-state index in [9.17, 15) is 23.3 Å². The zero-order chi connectivity index (χ0) is 22.0. The lowest BCUT2D eigenvalue weighted by Gasteiger charge is -2.09. The van der Waals surface area contributed by atoms with Crippen LogP contribution >= 0.6 is 0 Å². The molecular weight excluding hydrogens is 417 g/mol. The number of nitrogens with one attached hydrogen (secondary N) is 2. The average Bonchev–Trinajstić information content (AvgIpc) is 3.21. The van der Waals surface area contributed by atoms with Crippen molar-refractivity contribution in [2.24, 2.45) is 0 Å². The molecule has 2 aromatic carbocycles. The molecule has 0 atom stereocenters. The Hall–Kier alpha value is -4.48. The number of nitro groups is 1. The maximum atomic E-state index is 13.5. The molecule has 0 saturated carbocycles. The third kappa shape index (κ3) is 4.27. The Labute approximate surface area is 171 Å². The largest absolute Gasteiger partial charge is 0.403 e. The van der Waals surface area contributed by atoms with Gasteiger partial charge in [-0.3, -0.25) is 10.1 Å². The number of benzene rings is 2. The lowest BCUT2D eigenvalue weighted by molar-refractivity contribution is -0.384. The van der Waals surface area contributed by atoms with Crippen molar-refractivity contribution in [3.05, 3.63) is 82.3 Å². The molecule has 0 saturated heterocycles. The number of nitro benzene ring substituents is 1. The summed E-state index contributed by atoms with van der Waals surface area (Å²) in [5.74, 6) is -4.12. The third-order valence-corrected chi connectivity index (χ3v) is 4.04. The van der Waals surface area contributed by atoms with Gasteiger partial charge >= 0.3 is 6.01 Å². The summed E-state index contributed by atoms with van der Waals surface area (Å²) in [5.41, 5.74) is 0.649. The van der Waals surface area contributed by atoms with Gasteiger partial charge in [0.25, 0.3) is 11.6 Å². The van der Waals surface area contributed by atoms with E-state index in [4.69, 9.17) is 4.42 Å². The first-order valence-corrected chi connectivity index (χ1v) is 8.62. The Morgan fingerprint density at radius 2 is 1.65 bits per heavy atom. The van der Waals surface area contributed by atoms with Crippen molar-refractivity contribution >= 4 is 28.9 Å². The van der Waals surface area contributed by atoms with Gasteiger partial charge in [-0.05, 0) is 24.3 Å². The molecule has 2 N–H and O–H groups in total. The summed E-state index contributed by atoms with van der Waals surface area (Å²) in [6.45, 7) is 0. The minimum Gasteiger partial charge on any atom is -0.403 e. The molecule has 156 valence electrons. The van der Waals surface area contributed by atoms with Crippen LogP contribution in [0.4, 0.5) is 42.1 Å². The van der Waals surface area contributed by atoms with Crippen molar-refractivity contribution in [3.63, 3.8) is 0 Å². The maximum Gasteiger partial charge on any atom is 0.320 e. The number of hydrogen-bond acceptors (Lipinski definition) is 8. The summed E-state index contributed by atoms with van der Waals surface area (Å²) in [5, 5.41) is 24.0. The second kappa shape index (κ2) is 8.10. The number of non-ortho nitro benzene ring substituents is 1. The normalized spacial score (nSPS) is 10.7. The number of hydrogen-bond donors (Lipinski definition) is 2. The van der Waals surface area contributed by atoms with Crippen LogP contribution in [0.5, 0.6) is 0 Å². The predicted molar refractivity (Wildman–Crippen MR) is 104 cm³/mol. The zero-order valence-electron chi connectivity index (χ0n) is 15.3. The van der Waals surface area contributed by atoms with Crippen molar-refractivity contribution in [1.29, 1.82) is 0 Å². The molecule has 2 heterocycles. The van der Waals surface area contributed by atoms with Gasteiger partial charge in [-0.1, -0.05) is 5.10 Å². The van der Waals surface area contributed by atoms with Gasteiger partial charge < -0.3 is 15.1 Å². The van der Waals surface area contributed by atoms with Crippen LogP contribution in [0.2, 0.25) is 0 Å². The van der Waals surface area contributed by atoms with Gasteiger partial charge in [0.05, 0.1) is 10.5 Å². The van der Waals surface area contributed by atoms with Gasteiger partial charge in [-0.2, -0.15) is 0 Å². The number of anilines is 4. The molecule has 31 heavy (non-hydrogen) atoms. The summed E-state index contributed by atoms with van der Waals surface area (Å²) in [6, 6.07) is 10.3. The Morgan fingerprint density at radius 3 is 2.32 bits per heavy atom. The first-order valence-electron chi connectivity index (χ1n) is 8.62. The van der Waals surface area contributed by atoms with E-state index >= 15 is 0 Å². The Kier molecular flexibility index (Phi) is 5.18. The molecular formula is C19H11F3N6O3. The number of halogens is 3. The van der Waals surface area contributed by atoms with E-state index < -0.39 is 22.4 Å². The summed E-state index contributed by atoms with van der Waals surface area (Å²) in [6.07, 6.45) is 1.43. The van der Waals surface area contributed by atoms with E-state index in [1.807, 2.05) is 0 Å². The molecule has 0 fully saturated rings. The number of nitrogens with zero attached hydrogens (tertiary/aromatic N) is 4. The molecule has 0 aliphatic rings. The van der Waals surface area contributed by atoms with Gasteiger partial charge in [-0.25, -0.2) is 18.2 Å². The highest BCUT2D eigenvalue weighted by atomic mass is 19.2. The zero-order valence-corrected chi connectivity index (χ0v) is 15.3. The molecule has 0 aliphatic heterocycles. The summed E-state index contributed by atoms with van der Waals surface area (Å²) < 4.78 is 45.7. The molecule has 0 aliphatic carbocycles. The Balaban J connectivity index is 1.57. The van der Waals surface area contributed by atoms with Crippen molar-refractivity contribution < 1.29 is 22.5 Å². The summed E-state index contributed by atoms with van der Waals surface area (Å²) in [7, 11) is 0. The molecule has 4 rings (SSSR count). The van der Waals surface area contributed by atoms with Crippen molar-refractivity contribution in [2.75, 3.05) is 10.6 Å². The van der Waals surface area contributed by atoms with Crippen LogP contribution in [0.15, 0.2) is 59.1 Å². The second-order valence-electron chi connectivity index (χ2n) is 6.12. The van der Waals surface area contributed by atoms with Crippen LogP contribution < -0.4 is 10.6 Å². The van der Waals surface area contributed by atoms with Crippen molar-refractivity contribution in [2.45, 2.75) is 0 Å². The molecule has 0 radical (unpaired) electrons. The summed E-state index contributed by atoms with van der Waals surface area (Å²) >= 11 is 0. The highest BCUT2D eigenvalue weighted by Gasteiger charge is 2.16. The van der Waals surface area contributed by atoms with Crippen molar-refractivity contribution in [3.8, 4) is 11.5 Å². The quantitative estimate of drug-likeness (QED) is 0.252. The first kappa shape index (κ1) is 19.8. The lowest BCUT2D eigenvalue weighted by Crippen LogP contribution is -1.99. The van der Waals surface area contributed by atoms with E-state index in [1.165, 1.54) is 30.5 Å². The summed E-state index contributed by atoms with van der Waals surface area (Å²) in [4.78, 5) is 14.3. The fourth-order valence-corrected chi connectivity index (χ4v) is 2.61. The Morgan fingerprint density at radius 1 is 0.935 bits per heavy atom. The molecule has 0 amide bonds. The molecule has 4 aromatic rings. The van der Waals surface area contributed by atoms with Crippen LogP contribution in [0.3, 0.4) is 0 Å². The van der Waals surface area contributed by atoms with E-state index in [0.29, 0.717) is 11.3 Å². The maximum absolute atomic E-state index is 13.5. The lowest BCUT2D eigenvalue weighted by atomic mass is 10.2. The highest BCUT2D eigenvalue weighted by molar-refractivity contribution is 5.73. The third-order valence-electron chi connectivity index (χ3n) is 4.04. The van der Waals surface area contributed by atoms with Crippen LogP contribution in [-0.4, -0.2) is 20.1 Å². The molecule has 0 spiro atoms. The van der Waals surface area contributed by atoms with E-state index in [2.05, 4.69) is 25.8 Å². The monoisotopic (exact) mass is 428 g/mol. The van der Waals surface area contributed by atoms with Crippen LogP contribution in [-0.2, 0) is 0 Å². The molecule has 2 aromatic heterocycles. The predicted octanol–water partition coefficient (Wildman–Crippen LogP) is 4.94. The first-order chi connectivity index (χ1) is 14.9. The van der Waals surface area contributed by atoms with Crippen molar-refractivity contribution in [1.82, 2.24) is 15.2 Å². The molecule has 0 bridgehead atoms. The van der Waals surface area contributed by atoms with E-state index in [0.717, 1.165) is 12.1 Å². The minimum atomic E-state index is -1.58. The standard InChI is InChI=1S/C19H11F3N6O3/c20-14-8-11(9-15(21)16(14)22)24-17-13(2-1-7-23-17)18-26-27-19(31-18)25-10-3-5-12(6-4-10)28(29)30/h1-9H,(H,23,24)(H,25,27). The number of pyridine rings is 1. The fraction of sp³-hybridized carbons (Fsp3) is 0. The SMILES string of the molecule is O=[N+]([O-])c1ccc(Nc2nnc(-c3cccnc3Nc3cc(F)c(F)c(F)c3)o2)cc1. The van der Waals surface area contributed by atoms with Gasteiger partial charge in [0.1, 0.15) is 5.82 Å².